The summed E-state index contributed by atoms with van der Waals surface area (Å²) in [7, 11) is 0. The van der Waals surface area contributed by atoms with Crippen LogP contribution in [0.1, 0.15) is 58.3 Å². The topological polar surface area (TPSA) is 15.3 Å². The molecule has 2 nitrogen and oxygen atoms in total. The first-order chi connectivity index (χ1) is 8.84. The monoisotopic (exact) mass is 252 g/mol. The summed E-state index contributed by atoms with van der Waals surface area (Å²) < 4.78 is 0. The number of rotatable bonds is 5. The van der Waals surface area contributed by atoms with Crippen LogP contribution in [-0.4, -0.2) is 37.6 Å². The Kier molecular flexibility index (Phi) is 6.50. The van der Waals surface area contributed by atoms with Crippen LogP contribution in [0.4, 0.5) is 0 Å². The van der Waals surface area contributed by atoms with Gasteiger partial charge in [-0.2, -0.15) is 0 Å². The first-order valence-electron chi connectivity index (χ1n) is 8.27. The molecule has 0 atom stereocenters. The molecular formula is C16H32N2. The quantitative estimate of drug-likeness (QED) is 0.755. The zero-order chi connectivity index (χ0) is 12.6. The van der Waals surface area contributed by atoms with Gasteiger partial charge in [-0.1, -0.05) is 32.6 Å². The highest BCUT2D eigenvalue weighted by atomic mass is 15.1. The van der Waals surface area contributed by atoms with E-state index in [-0.39, 0.29) is 0 Å². The zero-order valence-electron chi connectivity index (χ0n) is 12.3. The molecule has 2 heteroatoms. The molecule has 1 aliphatic heterocycles. The van der Waals surface area contributed by atoms with Crippen molar-refractivity contribution in [3.8, 4) is 0 Å². The summed E-state index contributed by atoms with van der Waals surface area (Å²) in [6.45, 7) is 8.81. The van der Waals surface area contributed by atoms with Crippen LogP contribution >= 0.6 is 0 Å². The lowest BCUT2D eigenvalue weighted by Gasteiger charge is -2.27. The summed E-state index contributed by atoms with van der Waals surface area (Å²) in [5, 5.41) is 3.70. The molecule has 106 valence electrons. The summed E-state index contributed by atoms with van der Waals surface area (Å²) in [6, 6.07) is 0. The Morgan fingerprint density at radius 3 is 2.28 bits per heavy atom. The SMILES string of the molecule is CC1CCC(CNCCN2CCCCCC2)CC1. The van der Waals surface area contributed by atoms with E-state index in [4.69, 9.17) is 0 Å². The molecule has 1 heterocycles. The van der Waals surface area contributed by atoms with E-state index in [9.17, 15) is 0 Å². The normalized spacial score (nSPS) is 31.2. The zero-order valence-corrected chi connectivity index (χ0v) is 12.3. The molecule has 0 bridgehead atoms. The van der Waals surface area contributed by atoms with Crippen molar-refractivity contribution in [2.45, 2.75) is 58.3 Å². The fourth-order valence-corrected chi connectivity index (χ4v) is 3.44. The van der Waals surface area contributed by atoms with E-state index in [2.05, 4.69) is 17.1 Å². The fourth-order valence-electron chi connectivity index (χ4n) is 3.44. The summed E-state index contributed by atoms with van der Waals surface area (Å²) in [4.78, 5) is 2.66. The van der Waals surface area contributed by atoms with Gasteiger partial charge < -0.3 is 10.2 Å². The summed E-state index contributed by atoms with van der Waals surface area (Å²) in [6.07, 6.45) is 11.6. The molecule has 1 aliphatic carbocycles. The molecule has 0 spiro atoms. The third kappa shape index (κ3) is 5.27. The summed E-state index contributed by atoms with van der Waals surface area (Å²) >= 11 is 0. The molecule has 0 radical (unpaired) electrons. The second-order valence-electron chi connectivity index (χ2n) is 6.59. The van der Waals surface area contributed by atoms with E-state index in [1.807, 2.05) is 0 Å². The van der Waals surface area contributed by atoms with Gasteiger partial charge in [-0.15, -0.1) is 0 Å². The van der Waals surface area contributed by atoms with Crippen molar-refractivity contribution >= 4 is 0 Å². The van der Waals surface area contributed by atoms with Crippen molar-refractivity contribution in [3.63, 3.8) is 0 Å². The molecule has 0 aromatic rings. The van der Waals surface area contributed by atoms with Crippen molar-refractivity contribution in [1.82, 2.24) is 10.2 Å². The van der Waals surface area contributed by atoms with Crippen LogP contribution in [0.5, 0.6) is 0 Å². The Bertz CT molecular complexity index is 201. The molecular weight excluding hydrogens is 220 g/mol. The maximum atomic E-state index is 3.70. The van der Waals surface area contributed by atoms with Gasteiger partial charge in [0.2, 0.25) is 0 Å². The van der Waals surface area contributed by atoms with Gasteiger partial charge >= 0.3 is 0 Å². The lowest BCUT2D eigenvalue weighted by molar-refractivity contribution is 0.261. The minimum Gasteiger partial charge on any atom is -0.315 e. The summed E-state index contributed by atoms with van der Waals surface area (Å²) in [5.74, 6) is 1.95. The Hall–Kier alpha value is -0.0800. The molecule has 2 fully saturated rings. The Morgan fingerprint density at radius 2 is 1.61 bits per heavy atom. The number of nitrogens with zero attached hydrogens (tertiary/aromatic N) is 1. The lowest BCUT2D eigenvalue weighted by atomic mass is 9.83. The second kappa shape index (κ2) is 8.16. The first kappa shape index (κ1) is 14.3. The third-order valence-corrected chi connectivity index (χ3v) is 4.87. The number of hydrogen-bond donors (Lipinski definition) is 1. The van der Waals surface area contributed by atoms with Crippen molar-refractivity contribution in [3.05, 3.63) is 0 Å². The highest BCUT2D eigenvalue weighted by Crippen LogP contribution is 2.27. The van der Waals surface area contributed by atoms with Gasteiger partial charge in [-0.3, -0.25) is 0 Å². The molecule has 18 heavy (non-hydrogen) atoms. The van der Waals surface area contributed by atoms with Gasteiger partial charge in [0.15, 0.2) is 0 Å². The van der Waals surface area contributed by atoms with Crippen LogP contribution in [0.3, 0.4) is 0 Å². The minimum atomic E-state index is 0.963. The van der Waals surface area contributed by atoms with Crippen LogP contribution in [0.25, 0.3) is 0 Å². The highest BCUT2D eigenvalue weighted by molar-refractivity contribution is 4.72. The van der Waals surface area contributed by atoms with E-state index in [0.29, 0.717) is 0 Å². The minimum absolute atomic E-state index is 0.963. The van der Waals surface area contributed by atoms with Gasteiger partial charge in [-0.05, 0) is 57.2 Å². The van der Waals surface area contributed by atoms with E-state index in [1.54, 1.807) is 0 Å². The van der Waals surface area contributed by atoms with E-state index < -0.39 is 0 Å². The lowest BCUT2D eigenvalue weighted by Crippen LogP contribution is -2.35. The van der Waals surface area contributed by atoms with E-state index in [1.165, 1.54) is 84.1 Å². The number of hydrogen-bond acceptors (Lipinski definition) is 2. The van der Waals surface area contributed by atoms with Crippen LogP contribution in [0.2, 0.25) is 0 Å². The molecule has 2 rings (SSSR count). The third-order valence-electron chi connectivity index (χ3n) is 4.87. The molecule has 1 saturated heterocycles. The first-order valence-corrected chi connectivity index (χ1v) is 8.27. The highest BCUT2D eigenvalue weighted by Gasteiger charge is 2.17. The molecule has 0 unspecified atom stereocenters. The van der Waals surface area contributed by atoms with Crippen LogP contribution in [0, 0.1) is 11.8 Å². The second-order valence-corrected chi connectivity index (χ2v) is 6.59. The smallest absolute Gasteiger partial charge is 0.0107 e. The van der Waals surface area contributed by atoms with Crippen molar-refractivity contribution < 1.29 is 0 Å². The van der Waals surface area contributed by atoms with Crippen LogP contribution in [-0.2, 0) is 0 Å². The standard InChI is InChI=1S/C16H32N2/c1-15-6-8-16(9-7-15)14-17-10-13-18-11-4-2-3-5-12-18/h15-17H,2-14H2,1H3. The Balaban J connectivity index is 1.50. The molecule has 2 aliphatic rings. The van der Waals surface area contributed by atoms with Gasteiger partial charge in [0, 0.05) is 13.1 Å². The van der Waals surface area contributed by atoms with Gasteiger partial charge in [0.25, 0.3) is 0 Å². The van der Waals surface area contributed by atoms with Gasteiger partial charge in [0.1, 0.15) is 0 Å². The summed E-state index contributed by atoms with van der Waals surface area (Å²) in [5.41, 5.74) is 0. The molecule has 1 saturated carbocycles. The van der Waals surface area contributed by atoms with Gasteiger partial charge in [0.05, 0.1) is 0 Å². The molecule has 1 N–H and O–H groups in total. The maximum Gasteiger partial charge on any atom is 0.0107 e. The van der Waals surface area contributed by atoms with E-state index in [0.717, 1.165) is 11.8 Å². The van der Waals surface area contributed by atoms with Crippen molar-refractivity contribution in [1.29, 1.82) is 0 Å². The van der Waals surface area contributed by atoms with Gasteiger partial charge in [-0.25, -0.2) is 0 Å². The largest absolute Gasteiger partial charge is 0.315 e. The Labute approximate surface area is 114 Å². The average Bonchev–Trinajstić information content (AvgIpc) is 2.65. The average molecular weight is 252 g/mol. The molecule has 0 aromatic carbocycles. The van der Waals surface area contributed by atoms with Crippen molar-refractivity contribution in [2.24, 2.45) is 11.8 Å². The van der Waals surface area contributed by atoms with E-state index >= 15 is 0 Å². The maximum absolute atomic E-state index is 3.70. The van der Waals surface area contributed by atoms with Crippen LogP contribution in [0.15, 0.2) is 0 Å². The predicted molar refractivity (Wildman–Crippen MR) is 78.9 cm³/mol. The molecule has 0 aromatic heterocycles. The molecule has 0 amide bonds. The number of nitrogens with one attached hydrogen (secondary N) is 1. The fraction of sp³-hybridized carbons (Fsp3) is 1.00. The number of likely N-dealkylation sites (tertiary alicyclic amines) is 1. The Morgan fingerprint density at radius 1 is 0.944 bits per heavy atom. The van der Waals surface area contributed by atoms with Crippen molar-refractivity contribution in [2.75, 3.05) is 32.7 Å². The van der Waals surface area contributed by atoms with Crippen LogP contribution < -0.4 is 5.32 Å². The predicted octanol–water partition coefficient (Wildman–Crippen LogP) is 3.28.